The molecule has 120 valence electrons. The van der Waals surface area contributed by atoms with Crippen LogP contribution in [-0.4, -0.2) is 16.1 Å². The zero-order chi connectivity index (χ0) is 17.3. The van der Waals surface area contributed by atoms with Gasteiger partial charge in [-0.25, -0.2) is 19.1 Å². The maximum Gasteiger partial charge on any atom is 0.343 e. The van der Waals surface area contributed by atoms with E-state index in [1.54, 1.807) is 25.1 Å². The number of H-pyrrole nitrogens is 1. The molecule has 0 atom stereocenters. The van der Waals surface area contributed by atoms with Crippen molar-refractivity contribution >= 4 is 5.97 Å². The molecule has 1 heterocycles. The molecule has 5 heteroatoms. The third kappa shape index (κ3) is 2.72. The smallest absolute Gasteiger partial charge is 0.343 e. The van der Waals surface area contributed by atoms with E-state index in [0.29, 0.717) is 17.1 Å². The molecule has 5 nitrogen and oxygen atoms in total. The maximum atomic E-state index is 12.5. The Balaban J connectivity index is 2.29. The highest BCUT2D eigenvalue weighted by Crippen LogP contribution is 2.18. The van der Waals surface area contributed by atoms with Gasteiger partial charge in [0.15, 0.2) is 0 Å². The first-order valence-corrected chi connectivity index (χ1v) is 7.53. The fourth-order valence-electron chi connectivity index (χ4n) is 2.92. The summed E-state index contributed by atoms with van der Waals surface area (Å²) >= 11 is 0. The molecule has 2 aromatic carbocycles. The van der Waals surface area contributed by atoms with Crippen molar-refractivity contribution in [2.75, 3.05) is 0 Å². The van der Waals surface area contributed by atoms with Gasteiger partial charge in [-0.05, 0) is 30.7 Å². The van der Waals surface area contributed by atoms with Crippen molar-refractivity contribution in [1.29, 1.82) is 0 Å². The Labute approximate surface area is 138 Å². The predicted octanol–water partition coefficient (Wildman–Crippen LogP) is 2.63. The van der Waals surface area contributed by atoms with Crippen LogP contribution in [0.3, 0.4) is 0 Å². The molecule has 0 fully saturated rings. The molecule has 3 aromatic rings. The molecule has 24 heavy (non-hydrogen) atoms. The molecule has 0 aliphatic rings. The average Bonchev–Trinajstić information content (AvgIpc) is 2.55. The Morgan fingerprint density at radius 1 is 1.04 bits per heavy atom. The molecule has 0 aliphatic carbocycles. The first kappa shape index (κ1) is 15.7. The topological polar surface area (TPSA) is 74.0 Å². The van der Waals surface area contributed by atoms with Crippen LogP contribution in [0.2, 0.25) is 0 Å². The van der Waals surface area contributed by atoms with E-state index in [2.05, 4.69) is 4.98 Å². The molecule has 0 unspecified atom stereocenters. The lowest BCUT2D eigenvalue weighted by atomic mass is 10.1. The first-order valence-electron chi connectivity index (χ1n) is 7.53. The number of carboxylic acids is 1. The lowest BCUT2D eigenvalue weighted by molar-refractivity contribution is -0.612. The van der Waals surface area contributed by atoms with Gasteiger partial charge in [-0.2, -0.15) is 0 Å². The summed E-state index contributed by atoms with van der Waals surface area (Å²) in [6, 6.07) is 16.1. The highest BCUT2D eigenvalue weighted by atomic mass is 16.4. The number of aromatic carboxylic acids is 1. The van der Waals surface area contributed by atoms with Gasteiger partial charge in [0.05, 0.1) is 5.56 Å². The molecule has 0 spiro atoms. The van der Waals surface area contributed by atoms with Crippen molar-refractivity contribution in [1.82, 2.24) is 4.98 Å². The number of nitrogens with zero attached hydrogens (tertiary/aromatic N) is 1. The Kier molecular flexibility index (Phi) is 4.00. The molecule has 2 N–H and O–H groups in total. The normalized spacial score (nSPS) is 10.6. The Morgan fingerprint density at radius 3 is 2.42 bits per heavy atom. The van der Waals surface area contributed by atoms with Gasteiger partial charge in [0, 0.05) is 6.92 Å². The SMILES string of the molecule is Cc1[nH]c(=O)c(-c2ccccc2)c(C)[n+]1-c1cccc(C(=O)O)c1. The number of aryl methyl sites for hydroxylation is 1. The van der Waals surface area contributed by atoms with Gasteiger partial charge < -0.3 is 5.11 Å². The van der Waals surface area contributed by atoms with Crippen LogP contribution in [0, 0.1) is 13.8 Å². The van der Waals surface area contributed by atoms with Gasteiger partial charge >= 0.3 is 11.5 Å². The second-order valence-electron chi connectivity index (χ2n) is 5.56. The fourth-order valence-corrected chi connectivity index (χ4v) is 2.92. The van der Waals surface area contributed by atoms with Gasteiger partial charge in [0.25, 0.3) is 5.82 Å². The minimum atomic E-state index is -0.986. The molecule has 0 aliphatic heterocycles. The molecule has 0 radical (unpaired) electrons. The summed E-state index contributed by atoms with van der Waals surface area (Å²) in [6.07, 6.45) is 0. The predicted molar refractivity (Wildman–Crippen MR) is 90.5 cm³/mol. The summed E-state index contributed by atoms with van der Waals surface area (Å²) in [5.74, 6) is -0.347. The highest BCUT2D eigenvalue weighted by Gasteiger charge is 2.21. The lowest BCUT2D eigenvalue weighted by Gasteiger charge is -2.10. The standard InChI is InChI=1S/C19H16N2O3/c1-12-17(14-7-4-3-5-8-14)18(22)20-13(2)21(12)16-10-6-9-15(11-16)19(23)24/h3-11H,1-2H3,(H,23,24)/p+1. The Morgan fingerprint density at radius 2 is 1.75 bits per heavy atom. The van der Waals surface area contributed by atoms with E-state index >= 15 is 0 Å². The molecular formula is C19H17N2O3+. The van der Waals surface area contributed by atoms with Crippen LogP contribution < -0.4 is 10.1 Å². The summed E-state index contributed by atoms with van der Waals surface area (Å²) < 4.78 is 1.86. The van der Waals surface area contributed by atoms with Crippen molar-refractivity contribution in [3.8, 4) is 16.8 Å². The Hall–Kier alpha value is -3.21. The van der Waals surface area contributed by atoms with E-state index in [9.17, 15) is 14.7 Å². The Bertz CT molecular complexity index is 976. The van der Waals surface area contributed by atoms with Crippen LogP contribution in [0.4, 0.5) is 0 Å². The van der Waals surface area contributed by atoms with Gasteiger partial charge in [-0.3, -0.25) is 0 Å². The van der Waals surface area contributed by atoms with Gasteiger partial charge in [-0.15, -0.1) is 0 Å². The second-order valence-corrected chi connectivity index (χ2v) is 5.56. The van der Waals surface area contributed by atoms with Gasteiger partial charge in [0.2, 0.25) is 0 Å². The van der Waals surface area contributed by atoms with E-state index in [-0.39, 0.29) is 11.1 Å². The zero-order valence-corrected chi connectivity index (χ0v) is 13.4. The van der Waals surface area contributed by atoms with E-state index < -0.39 is 5.97 Å². The van der Waals surface area contributed by atoms with Crippen molar-refractivity contribution in [2.45, 2.75) is 13.8 Å². The molecule has 0 saturated carbocycles. The number of benzene rings is 2. The van der Waals surface area contributed by atoms with Crippen LogP contribution in [-0.2, 0) is 0 Å². The van der Waals surface area contributed by atoms with Crippen molar-refractivity contribution in [3.05, 3.63) is 82.0 Å². The van der Waals surface area contributed by atoms with E-state index in [1.807, 2.05) is 47.9 Å². The number of aromatic amines is 1. The van der Waals surface area contributed by atoms with Crippen LogP contribution >= 0.6 is 0 Å². The highest BCUT2D eigenvalue weighted by molar-refractivity contribution is 5.88. The summed E-state index contributed by atoms with van der Waals surface area (Å²) in [5.41, 5.74) is 2.87. The van der Waals surface area contributed by atoms with E-state index in [4.69, 9.17) is 0 Å². The van der Waals surface area contributed by atoms with E-state index in [1.165, 1.54) is 0 Å². The summed E-state index contributed by atoms with van der Waals surface area (Å²) in [5, 5.41) is 9.20. The maximum absolute atomic E-state index is 12.5. The largest absolute Gasteiger partial charge is 0.478 e. The lowest BCUT2D eigenvalue weighted by Crippen LogP contribution is -2.42. The number of hydrogen-bond acceptors (Lipinski definition) is 2. The number of hydrogen-bond donors (Lipinski definition) is 2. The zero-order valence-electron chi connectivity index (χ0n) is 13.4. The molecule has 3 rings (SSSR count). The average molecular weight is 321 g/mol. The van der Waals surface area contributed by atoms with Crippen molar-refractivity contribution < 1.29 is 14.5 Å². The number of nitrogens with one attached hydrogen (secondary N) is 1. The molecule has 0 bridgehead atoms. The number of carboxylic acid groups (broad SMARTS) is 1. The minimum Gasteiger partial charge on any atom is -0.478 e. The van der Waals surface area contributed by atoms with Crippen molar-refractivity contribution in [3.63, 3.8) is 0 Å². The number of rotatable bonds is 3. The summed E-state index contributed by atoms with van der Waals surface area (Å²) in [4.78, 5) is 26.5. The molecule has 0 saturated heterocycles. The molecule has 1 aromatic heterocycles. The monoisotopic (exact) mass is 321 g/mol. The second kappa shape index (κ2) is 6.12. The van der Waals surface area contributed by atoms with Crippen molar-refractivity contribution in [2.24, 2.45) is 0 Å². The molecule has 0 amide bonds. The third-order valence-corrected chi connectivity index (χ3v) is 3.97. The minimum absolute atomic E-state index is 0.165. The van der Waals surface area contributed by atoms with Crippen LogP contribution in [0.1, 0.15) is 21.9 Å². The number of aromatic nitrogens is 2. The summed E-state index contributed by atoms with van der Waals surface area (Å²) in [7, 11) is 0. The van der Waals surface area contributed by atoms with Gasteiger partial charge in [-0.1, -0.05) is 36.4 Å². The third-order valence-electron chi connectivity index (χ3n) is 3.97. The number of carbonyl (C=O) groups is 1. The van der Waals surface area contributed by atoms with Crippen LogP contribution in [0.5, 0.6) is 0 Å². The van der Waals surface area contributed by atoms with Gasteiger partial charge in [0.1, 0.15) is 16.9 Å². The van der Waals surface area contributed by atoms with E-state index in [0.717, 1.165) is 11.3 Å². The quantitative estimate of drug-likeness (QED) is 0.728. The fraction of sp³-hybridized carbons (Fsp3) is 0.105. The first-order chi connectivity index (χ1) is 11.5. The van der Waals surface area contributed by atoms with Crippen LogP contribution in [0.25, 0.3) is 16.8 Å². The summed E-state index contributed by atoms with van der Waals surface area (Å²) in [6.45, 7) is 3.65. The van der Waals surface area contributed by atoms with Crippen LogP contribution in [0.15, 0.2) is 59.4 Å². The molecular weight excluding hydrogens is 304 g/mol.